The first kappa shape index (κ1) is 16.3. The zero-order chi connectivity index (χ0) is 15.7. The van der Waals surface area contributed by atoms with E-state index in [1.807, 2.05) is 12.1 Å². The second-order valence-corrected chi connectivity index (χ2v) is 8.81. The average Bonchev–Trinajstić information content (AvgIpc) is 2.38. The summed E-state index contributed by atoms with van der Waals surface area (Å²) >= 11 is 2.14. The number of sulfonamides is 1. The van der Waals surface area contributed by atoms with Crippen molar-refractivity contribution in [3.63, 3.8) is 0 Å². The van der Waals surface area contributed by atoms with Crippen LogP contribution in [0.1, 0.15) is 26.3 Å². The Labute approximate surface area is 140 Å². The van der Waals surface area contributed by atoms with E-state index in [1.54, 1.807) is 36.4 Å². The van der Waals surface area contributed by atoms with Gasteiger partial charge < -0.3 is 0 Å². The Morgan fingerprint density at radius 2 is 1.43 bits per heavy atom. The molecule has 0 aliphatic heterocycles. The average molecular weight is 415 g/mol. The molecular weight excluding hydrogens is 397 g/mol. The van der Waals surface area contributed by atoms with Crippen LogP contribution >= 0.6 is 22.6 Å². The van der Waals surface area contributed by atoms with Gasteiger partial charge in [-0.1, -0.05) is 32.9 Å². The summed E-state index contributed by atoms with van der Waals surface area (Å²) in [6, 6.07) is 14.3. The predicted molar refractivity (Wildman–Crippen MR) is 95.1 cm³/mol. The third-order valence-electron chi connectivity index (χ3n) is 3.13. The molecule has 0 aliphatic carbocycles. The van der Waals surface area contributed by atoms with Gasteiger partial charge in [0.15, 0.2) is 0 Å². The lowest BCUT2D eigenvalue weighted by molar-refractivity contribution is 0.590. The molecule has 2 rings (SSSR count). The molecule has 112 valence electrons. The van der Waals surface area contributed by atoms with Crippen LogP contribution in [0.25, 0.3) is 0 Å². The molecule has 0 heterocycles. The monoisotopic (exact) mass is 415 g/mol. The summed E-state index contributed by atoms with van der Waals surface area (Å²) in [5.74, 6) is 0. The second-order valence-electron chi connectivity index (χ2n) is 5.89. The van der Waals surface area contributed by atoms with E-state index < -0.39 is 10.0 Å². The number of anilines is 1. The van der Waals surface area contributed by atoms with Crippen LogP contribution in [-0.4, -0.2) is 8.42 Å². The van der Waals surface area contributed by atoms with E-state index in [0.717, 1.165) is 3.57 Å². The van der Waals surface area contributed by atoms with Crippen LogP contribution in [0, 0.1) is 3.57 Å². The van der Waals surface area contributed by atoms with Gasteiger partial charge in [-0.05, 0) is 70.0 Å². The third-order valence-corrected chi connectivity index (χ3v) is 5.24. The SMILES string of the molecule is CC(C)(C)c1ccc(NS(=O)(=O)c2ccc(I)cc2)cc1. The molecule has 2 aromatic rings. The van der Waals surface area contributed by atoms with Crippen LogP contribution in [0.3, 0.4) is 0 Å². The standard InChI is InChI=1S/C16H18INO2S/c1-16(2,3)12-4-8-14(9-5-12)18-21(19,20)15-10-6-13(17)7-11-15/h4-11,18H,1-3H3. The van der Waals surface area contributed by atoms with Crippen molar-refractivity contribution in [2.45, 2.75) is 31.1 Å². The van der Waals surface area contributed by atoms with Crippen molar-refractivity contribution in [1.82, 2.24) is 0 Å². The summed E-state index contributed by atoms with van der Waals surface area (Å²) in [5, 5.41) is 0. The van der Waals surface area contributed by atoms with Gasteiger partial charge in [0.05, 0.1) is 4.90 Å². The van der Waals surface area contributed by atoms with Crippen LogP contribution in [0.4, 0.5) is 5.69 Å². The van der Waals surface area contributed by atoms with Crippen LogP contribution in [0.15, 0.2) is 53.4 Å². The highest BCUT2D eigenvalue weighted by Crippen LogP contribution is 2.24. The molecule has 0 radical (unpaired) electrons. The van der Waals surface area contributed by atoms with Crippen molar-refractivity contribution in [3.05, 3.63) is 57.7 Å². The molecule has 0 aliphatic rings. The Hall–Kier alpha value is -1.08. The van der Waals surface area contributed by atoms with E-state index in [0.29, 0.717) is 5.69 Å². The van der Waals surface area contributed by atoms with Gasteiger partial charge in [0.2, 0.25) is 0 Å². The van der Waals surface area contributed by atoms with Gasteiger partial charge in [0.1, 0.15) is 0 Å². The normalized spacial score (nSPS) is 12.2. The second kappa shape index (κ2) is 5.96. The van der Waals surface area contributed by atoms with Crippen LogP contribution in [0.5, 0.6) is 0 Å². The van der Waals surface area contributed by atoms with Gasteiger partial charge in [-0.25, -0.2) is 8.42 Å². The minimum Gasteiger partial charge on any atom is -0.280 e. The Morgan fingerprint density at radius 1 is 0.905 bits per heavy atom. The fraction of sp³-hybridized carbons (Fsp3) is 0.250. The number of hydrogen-bond donors (Lipinski definition) is 1. The molecule has 0 spiro atoms. The van der Waals surface area contributed by atoms with E-state index in [2.05, 4.69) is 48.1 Å². The quantitative estimate of drug-likeness (QED) is 0.756. The topological polar surface area (TPSA) is 46.2 Å². The fourth-order valence-electron chi connectivity index (χ4n) is 1.87. The van der Waals surface area contributed by atoms with Crippen molar-refractivity contribution < 1.29 is 8.42 Å². The largest absolute Gasteiger partial charge is 0.280 e. The number of benzene rings is 2. The lowest BCUT2D eigenvalue weighted by Gasteiger charge is -2.19. The van der Waals surface area contributed by atoms with Gasteiger partial charge >= 0.3 is 0 Å². The van der Waals surface area contributed by atoms with Crippen molar-refractivity contribution in [3.8, 4) is 0 Å². The smallest absolute Gasteiger partial charge is 0.261 e. The highest BCUT2D eigenvalue weighted by Gasteiger charge is 2.16. The highest BCUT2D eigenvalue weighted by atomic mass is 127. The maximum atomic E-state index is 12.3. The summed E-state index contributed by atoms with van der Waals surface area (Å²) in [6.45, 7) is 6.37. The van der Waals surface area contributed by atoms with Crippen LogP contribution in [-0.2, 0) is 15.4 Å². The summed E-state index contributed by atoms with van der Waals surface area (Å²) in [6.07, 6.45) is 0. The van der Waals surface area contributed by atoms with Gasteiger partial charge in [0, 0.05) is 9.26 Å². The first-order valence-electron chi connectivity index (χ1n) is 6.57. The molecule has 3 nitrogen and oxygen atoms in total. The molecule has 21 heavy (non-hydrogen) atoms. The maximum absolute atomic E-state index is 12.3. The summed E-state index contributed by atoms with van der Waals surface area (Å²) in [4.78, 5) is 0.266. The van der Waals surface area contributed by atoms with Crippen molar-refractivity contribution in [1.29, 1.82) is 0 Å². The summed E-state index contributed by atoms with van der Waals surface area (Å²) in [5.41, 5.74) is 1.79. The minimum absolute atomic E-state index is 0.0491. The Kier molecular flexibility index (Phi) is 4.63. The van der Waals surface area contributed by atoms with E-state index >= 15 is 0 Å². The van der Waals surface area contributed by atoms with Gasteiger partial charge in [-0.15, -0.1) is 0 Å². The lowest BCUT2D eigenvalue weighted by atomic mass is 9.87. The zero-order valence-electron chi connectivity index (χ0n) is 12.2. The van der Waals surface area contributed by atoms with Crippen molar-refractivity contribution >= 4 is 38.3 Å². The molecule has 0 amide bonds. The Bertz CT molecular complexity index is 714. The van der Waals surface area contributed by atoms with E-state index in [9.17, 15) is 8.42 Å². The Morgan fingerprint density at radius 3 is 1.90 bits per heavy atom. The molecule has 0 fully saturated rings. The Balaban J connectivity index is 2.23. The molecule has 0 unspecified atom stereocenters. The molecule has 0 atom stereocenters. The van der Waals surface area contributed by atoms with E-state index in [-0.39, 0.29) is 10.3 Å². The first-order chi connectivity index (χ1) is 9.68. The molecule has 5 heteroatoms. The van der Waals surface area contributed by atoms with Gasteiger partial charge in [-0.3, -0.25) is 4.72 Å². The molecule has 0 saturated heterocycles. The van der Waals surface area contributed by atoms with Gasteiger partial charge in [0.25, 0.3) is 10.0 Å². The zero-order valence-corrected chi connectivity index (χ0v) is 15.2. The number of nitrogens with one attached hydrogen (secondary N) is 1. The highest BCUT2D eigenvalue weighted by molar-refractivity contribution is 14.1. The summed E-state index contributed by atoms with van der Waals surface area (Å²) < 4.78 is 28.2. The fourth-order valence-corrected chi connectivity index (χ4v) is 3.28. The van der Waals surface area contributed by atoms with Gasteiger partial charge in [-0.2, -0.15) is 0 Å². The predicted octanol–water partition coefficient (Wildman–Crippen LogP) is 4.39. The number of hydrogen-bond acceptors (Lipinski definition) is 2. The number of rotatable bonds is 3. The molecular formula is C16H18INO2S. The van der Waals surface area contributed by atoms with E-state index in [4.69, 9.17) is 0 Å². The lowest BCUT2D eigenvalue weighted by Crippen LogP contribution is -2.14. The summed E-state index contributed by atoms with van der Waals surface area (Å²) in [7, 11) is -3.53. The molecule has 0 aromatic heterocycles. The van der Waals surface area contributed by atoms with E-state index in [1.165, 1.54) is 5.56 Å². The maximum Gasteiger partial charge on any atom is 0.261 e. The molecule has 0 saturated carbocycles. The minimum atomic E-state index is -3.53. The number of halogens is 1. The first-order valence-corrected chi connectivity index (χ1v) is 9.14. The van der Waals surface area contributed by atoms with Crippen molar-refractivity contribution in [2.75, 3.05) is 4.72 Å². The van der Waals surface area contributed by atoms with Crippen LogP contribution < -0.4 is 4.72 Å². The van der Waals surface area contributed by atoms with Crippen LogP contribution in [0.2, 0.25) is 0 Å². The third kappa shape index (κ3) is 4.20. The van der Waals surface area contributed by atoms with Crippen molar-refractivity contribution in [2.24, 2.45) is 0 Å². The molecule has 2 aromatic carbocycles. The molecule has 0 bridgehead atoms. The molecule has 1 N–H and O–H groups in total.